The van der Waals surface area contributed by atoms with E-state index >= 15 is 33.6 Å². The number of aromatic amines is 2. The van der Waals surface area contributed by atoms with E-state index in [1.807, 2.05) is 13.8 Å². The molecule has 5 aromatic rings. The third-order valence-corrected chi connectivity index (χ3v) is 25.5. The number of ether oxygens (including phenoxy) is 1. The molecule has 2 aromatic heterocycles. The molecule has 3 aliphatic heterocycles. The highest BCUT2D eigenvalue weighted by Crippen LogP contribution is 2.29. The predicted octanol–water partition coefficient (Wildman–Crippen LogP) is -1.27. The maximum atomic E-state index is 15.8. The SMILES string of the molecule is CCCC[C@H]1C(=O)N(C)[C@@H](CCCC)C(=O)N[C@@H](CCCN)C(=O)N[C@H](C(=O)CCC(N)=O)CSCC(=O)N[C@@H](Cc2ccc(OC)cc2)C(=O)N(C)[C@@H](C)C(=O)N[C@@H](CC(N)=O)C(=O)N2CCC[C@H]2C(=O)N[C@@H](CN)C(=O)N[C@@H](CCCCN)C(=O)N2C[C@H](O)C[C@H]2C(=O)N[C@@H](Cc2c[nH]c3ccccc23)C(=O)C[C@@H](CC(=O)O)C(=O)N[C@@H](Cc2c[nH]c3ccccc23)C(=O)N1C. The maximum Gasteiger partial charge on any atom is 0.304 e. The molecule has 3 fully saturated rings. The van der Waals surface area contributed by atoms with Gasteiger partial charge >= 0.3 is 5.97 Å². The first kappa shape index (κ1) is 106. The van der Waals surface area contributed by atoms with E-state index in [1.165, 1.54) is 35.2 Å². The second-order valence-electron chi connectivity index (χ2n) is 34.2. The molecule has 15 atom stereocenters. The monoisotopic (exact) mass is 1870 g/mol. The fourth-order valence-corrected chi connectivity index (χ4v) is 17.7. The van der Waals surface area contributed by atoms with E-state index in [1.54, 1.807) is 85.2 Å². The molecule has 0 saturated carbocycles. The minimum atomic E-state index is -1.79. The number of hydrogen-bond acceptors (Lipinski definition) is 24. The number of amides is 15. The number of primary amides is 2. The number of para-hydroxylation sites is 2. The molecule has 8 rings (SSSR count). The van der Waals surface area contributed by atoms with Crippen LogP contribution in [0.3, 0.4) is 0 Å². The maximum absolute atomic E-state index is 15.8. The van der Waals surface area contributed by atoms with Crippen LogP contribution in [0.2, 0.25) is 0 Å². The Kier molecular flexibility index (Phi) is 41.1. The summed E-state index contributed by atoms with van der Waals surface area (Å²) in [4.78, 5) is 274. The average molecular weight is 1870 g/mol. The summed E-state index contributed by atoms with van der Waals surface area (Å²) in [6.45, 7) is 3.92. The number of aliphatic hydroxyl groups is 1. The van der Waals surface area contributed by atoms with Gasteiger partial charge in [-0.15, -0.1) is 11.8 Å². The van der Waals surface area contributed by atoms with Crippen molar-refractivity contribution in [2.24, 2.45) is 34.6 Å². The highest BCUT2D eigenvalue weighted by Gasteiger charge is 2.47. The number of carboxylic acid groups (broad SMARTS) is 1. The number of benzene rings is 3. The molecule has 15 amide bonds. The fraction of sp³-hybridized carbons (Fsp3) is 0.560. The first-order valence-electron chi connectivity index (χ1n) is 45.2. The Balaban J connectivity index is 1.20. The number of H-pyrrole nitrogens is 2. The van der Waals surface area contributed by atoms with Crippen LogP contribution in [-0.4, -0.2) is 308 Å². The second kappa shape index (κ2) is 51.6. The number of unbranched alkanes of at least 4 members (excludes halogenated alkanes) is 3. The molecule has 133 heavy (non-hydrogen) atoms. The molecule has 22 N–H and O–H groups in total. The molecule has 0 radical (unpaired) electrons. The van der Waals surface area contributed by atoms with Crippen molar-refractivity contribution < 1.29 is 101 Å². The number of thioether (sulfide) groups is 1. The lowest BCUT2D eigenvalue weighted by molar-refractivity contribution is -0.150. The van der Waals surface area contributed by atoms with E-state index in [0.717, 1.165) is 36.3 Å². The quantitative estimate of drug-likeness (QED) is 0.0248. The van der Waals surface area contributed by atoms with Crippen LogP contribution < -0.4 is 75.9 Å². The molecule has 3 aliphatic rings. The van der Waals surface area contributed by atoms with E-state index in [9.17, 15) is 63.0 Å². The summed E-state index contributed by atoms with van der Waals surface area (Å²) < 4.78 is 5.34. The summed E-state index contributed by atoms with van der Waals surface area (Å²) in [6, 6.07) is 0.733. The fourth-order valence-electron chi connectivity index (χ4n) is 16.8. The number of aromatic nitrogens is 2. The van der Waals surface area contributed by atoms with E-state index < -0.39 is 254 Å². The number of Topliss-reactive ketones (excluding diaryl/α,β-unsaturated/α-hetero) is 2. The lowest BCUT2D eigenvalue weighted by Crippen LogP contribution is -2.61. The Labute approximate surface area is 775 Å². The molecular formula is C91H130N20O21S. The topological polar surface area (TPSA) is 631 Å². The Morgan fingerprint density at radius 3 is 1.65 bits per heavy atom. The number of nitrogens with two attached hydrogens (primary N) is 5. The van der Waals surface area contributed by atoms with Crippen LogP contribution in [0.1, 0.15) is 159 Å². The van der Waals surface area contributed by atoms with Gasteiger partial charge in [-0.25, -0.2) is 0 Å². The molecule has 0 aliphatic carbocycles. The molecule has 3 aromatic carbocycles. The zero-order valence-electron chi connectivity index (χ0n) is 76.4. The number of fused-ring (bicyclic) bond motifs is 4. The van der Waals surface area contributed by atoms with Gasteiger partial charge in [-0.05, 0) is 119 Å². The first-order chi connectivity index (χ1) is 63.4. The molecule has 3 saturated heterocycles. The van der Waals surface area contributed by atoms with Gasteiger partial charge in [0.15, 0.2) is 11.6 Å². The van der Waals surface area contributed by atoms with E-state index in [2.05, 4.69) is 52.5 Å². The molecule has 0 unspecified atom stereocenters. The van der Waals surface area contributed by atoms with Crippen molar-refractivity contribution in [3.63, 3.8) is 0 Å². The number of aliphatic carboxylic acids is 1. The highest BCUT2D eigenvalue weighted by molar-refractivity contribution is 8.00. The summed E-state index contributed by atoms with van der Waals surface area (Å²) in [6.07, 6.45) is -0.836. The van der Waals surface area contributed by atoms with Gasteiger partial charge in [0.2, 0.25) is 88.6 Å². The number of likely N-dealkylation sites (N-methyl/N-ethyl adjacent to an activating group) is 3. The van der Waals surface area contributed by atoms with Crippen LogP contribution in [-0.2, 0) is 106 Å². The van der Waals surface area contributed by atoms with Crippen molar-refractivity contribution in [1.29, 1.82) is 0 Å². The van der Waals surface area contributed by atoms with Gasteiger partial charge in [0.1, 0.15) is 72.2 Å². The Morgan fingerprint density at radius 1 is 0.511 bits per heavy atom. The summed E-state index contributed by atoms with van der Waals surface area (Å²) in [5.74, 6) is -19.2. The number of rotatable bonds is 29. The number of methoxy groups -OCH3 is 1. The van der Waals surface area contributed by atoms with Gasteiger partial charge in [-0.2, -0.15) is 0 Å². The molecule has 0 spiro atoms. The Morgan fingerprint density at radius 2 is 1.05 bits per heavy atom. The summed E-state index contributed by atoms with van der Waals surface area (Å²) >= 11 is 0.829. The van der Waals surface area contributed by atoms with Gasteiger partial charge in [-0.3, -0.25) is 86.3 Å². The lowest BCUT2D eigenvalue weighted by atomic mass is 9.91. The third-order valence-electron chi connectivity index (χ3n) is 24.5. The summed E-state index contributed by atoms with van der Waals surface area (Å²) in [5.41, 5.74) is 32.0. The van der Waals surface area contributed by atoms with Crippen LogP contribution in [0, 0.1) is 5.92 Å². The van der Waals surface area contributed by atoms with Crippen molar-refractivity contribution >= 4 is 140 Å². The standard InChI is InChI=1S/C91H130N20O21S/c1-8-10-26-70-84(124)100-62(25-18-36-93)82(122)106-69(74(113)33-34-76(95)115)49-133-50-78(117)99-65(38-52-29-31-57(132-7)32-30-52)87(127)107(4)51(3)80(120)103-67(44-77(96)116)90(130)110-37-19-28-71(110)85(125)105-68(45-94)83(123)101-63(24-16-17-35-92)89(129)111-48-56(112)43-73(111)86(126)102-64(39-54-46-97-60-22-14-12-20-58(54)60)75(114)41-53(42-79(118)119)81(121)104-66(40-55-47-98-61-23-15-13-21-59(55)61)88(128)109(6)72(27-11-9-2)91(131)108(70)5/h12-15,20-23,29-32,46-47,51,53,56,62-73,97-98,112H,8-11,16-19,24-28,33-45,48-50,92-94H2,1-7H3,(H2,95,115)(H2,96,116)(H,99,117)(H,100,124)(H,101,123)(H,102,126)(H,103,120)(H,104,121)(H,105,125)(H,106,122)(H,118,119)/t51-,53-,56+,62-,63-,64-,65-,66-,67-,68-,69-,70-,71-,72-,73-/m0/s1. The van der Waals surface area contributed by atoms with Crippen LogP contribution in [0.25, 0.3) is 21.8 Å². The largest absolute Gasteiger partial charge is 0.497 e. The van der Waals surface area contributed by atoms with Gasteiger partial charge < -0.3 is 121 Å². The van der Waals surface area contributed by atoms with Gasteiger partial charge in [0.25, 0.3) is 0 Å². The normalized spacial score (nSPS) is 25.0. The van der Waals surface area contributed by atoms with Crippen molar-refractivity contribution in [1.82, 2.24) is 77.0 Å². The first-order valence-corrected chi connectivity index (χ1v) is 46.4. The molecule has 0 bridgehead atoms. The van der Waals surface area contributed by atoms with Crippen LogP contribution >= 0.6 is 11.8 Å². The van der Waals surface area contributed by atoms with Crippen LogP contribution in [0.4, 0.5) is 0 Å². The third kappa shape index (κ3) is 29.8. The minimum absolute atomic E-state index is 0.00603. The van der Waals surface area contributed by atoms with Crippen molar-refractivity contribution in [3.8, 4) is 5.75 Å². The highest BCUT2D eigenvalue weighted by atomic mass is 32.2. The number of nitrogens with one attached hydrogen (secondary N) is 10. The molecule has 726 valence electrons. The number of ketones is 2. The van der Waals surface area contributed by atoms with E-state index in [0.29, 0.717) is 76.3 Å². The molecule has 5 heterocycles. The second-order valence-corrected chi connectivity index (χ2v) is 35.2. The molecular weight excluding hydrogens is 1740 g/mol. The zero-order chi connectivity index (χ0) is 97.4. The summed E-state index contributed by atoms with van der Waals surface area (Å²) in [7, 11) is 5.37. The number of nitrogens with zero attached hydrogens (tertiary/aromatic N) is 5. The van der Waals surface area contributed by atoms with Crippen LogP contribution in [0.5, 0.6) is 5.75 Å². The number of carbonyl (C=O) groups is 18. The van der Waals surface area contributed by atoms with Gasteiger partial charge in [0, 0.05) is 126 Å². The zero-order valence-corrected chi connectivity index (χ0v) is 77.2. The number of aliphatic hydroxyl groups excluding tert-OH is 1. The van der Waals surface area contributed by atoms with Gasteiger partial charge in [0.05, 0.1) is 49.8 Å². The molecule has 42 heteroatoms. The van der Waals surface area contributed by atoms with Crippen molar-refractivity contribution in [2.75, 3.05) is 72.5 Å². The number of carbonyl (C=O) groups excluding carboxylic acids is 17. The predicted molar refractivity (Wildman–Crippen MR) is 492 cm³/mol. The number of hydrogen-bond donors (Lipinski definition) is 17. The van der Waals surface area contributed by atoms with Gasteiger partial charge in [-0.1, -0.05) is 88.1 Å². The van der Waals surface area contributed by atoms with Crippen molar-refractivity contribution in [3.05, 3.63) is 102 Å². The minimum Gasteiger partial charge on any atom is -0.497 e. The number of carboxylic acids is 1. The lowest BCUT2D eigenvalue weighted by Gasteiger charge is -2.36. The smallest absolute Gasteiger partial charge is 0.304 e. The molecule has 41 nitrogen and oxygen atoms in total. The average Bonchev–Trinajstić information content (AvgIpc) is 1.64. The summed E-state index contributed by atoms with van der Waals surface area (Å²) in [5, 5.41) is 44.7. The van der Waals surface area contributed by atoms with Crippen molar-refractivity contribution in [2.45, 2.75) is 247 Å². The Bertz CT molecular complexity index is 4950. The van der Waals surface area contributed by atoms with E-state index in [4.69, 9.17) is 33.4 Å². The van der Waals surface area contributed by atoms with Crippen LogP contribution in [0.15, 0.2) is 85.2 Å². The Hall–Kier alpha value is -12.4. The van der Waals surface area contributed by atoms with E-state index in [-0.39, 0.29) is 96.0 Å².